The maximum absolute atomic E-state index is 13.3. The fourth-order valence-electron chi connectivity index (χ4n) is 4.95. The average Bonchev–Trinajstić information content (AvgIpc) is 3.56. The Morgan fingerprint density at radius 3 is 2.62 bits per heavy atom. The van der Waals surface area contributed by atoms with Gasteiger partial charge in [0.15, 0.2) is 16.6 Å². The number of carbonyl (C=O) groups is 5. The van der Waals surface area contributed by atoms with Crippen molar-refractivity contribution in [2.45, 2.75) is 37.4 Å². The van der Waals surface area contributed by atoms with Crippen molar-refractivity contribution in [1.82, 2.24) is 30.2 Å². The van der Waals surface area contributed by atoms with Gasteiger partial charge >= 0.3 is 11.9 Å². The van der Waals surface area contributed by atoms with Crippen LogP contribution in [0.5, 0.6) is 5.75 Å². The molecule has 0 aromatic carbocycles. The summed E-state index contributed by atoms with van der Waals surface area (Å²) in [5.74, 6) is -5.52. The van der Waals surface area contributed by atoms with Gasteiger partial charge in [-0.25, -0.2) is 19.1 Å². The summed E-state index contributed by atoms with van der Waals surface area (Å²) in [6.07, 6.45) is 6.97. The highest BCUT2D eigenvalue weighted by Gasteiger charge is 2.54. The number of hydrogen-bond donors (Lipinski definition) is 9. The van der Waals surface area contributed by atoms with Crippen LogP contribution in [-0.2, 0) is 30.6 Å². The number of aromatic hydroxyl groups is 1. The second-order valence-electron chi connectivity index (χ2n) is 12.2. The number of aromatic nitrogens is 4. The molecule has 11 N–H and O–H groups in total. The lowest BCUT2D eigenvalue weighted by molar-refractivity contribution is -0.689. The molecule has 0 saturated carbocycles. The van der Waals surface area contributed by atoms with Crippen LogP contribution >= 0.6 is 23.1 Å². The first-order valence-electron chi connectivity index (χ1n) is 15.9. The van der Waals surface area contributed by atoms with Crippen molar-refractivity contribution >= 4 is 75.1 Å². The Balaban J connectivity index is 1.21. The SMILES string of the molecule is CC(C)(O/N=C(/C(=O)N[C@@H]1C(=O)N2C(C(=O)O)=C(/C=C/C[n+]3cnc(N)c(NCCNC(=O)c4cc(=O)c(O)cn4O)c3)CS[C@H]12)c1csc(N)n1)C(=O)O. The first-order valence-corrected chi connectivity index (χ1v) is 17.8. The number of hydrogen-bond acceptors (Lipinski definition) is 17. The quantitative estimate of drug-likeness (QED) is 0.0211. The zero-order valence-corrected chi connectivity index (χ0v) is 30.5. The van der Waals surface area contributed by atoms with Gasteiger partial charge in [0.05, 0.1) is 6.20 Å². The molecule has 3 aromatic heterocycles. The molecule has 290 valence electrons. The normalized spacial score (nSPS) is 17.0. The number of aliphatic carboxylic acids is 2. The van der Waals surface area contributed by atoms with E-state index in [1.165, 1.54) is 37.3 Å². The number of β-lactam (4-membered cyclic amide) rings is 1. The fraction of sp³-hybridized carbons (Fsp3) is 0.290. The summed E-state index contributed by atoms with van der Waals surface area (Å²) in [4.78, 5) is 88.8. The van der Waals surface area contributed by atoms with Gasteiger partial charge in [-0.2, -0.15) is 4.73 Å². The lowest BCUT2D eigenvalue weighted by Crippen LogP contribution is -2.71. The van der Waals surface area contributed by atoms with Crippen LogP contribution in [0.1, 0.15) is 30.0 Å². The topological polar surface area (TPSA) is 331 Å². The molecule has 3 aromatic rings. The van der Waals surface area contributed by atoms with Gasteiger partial charge in [0, 0.05) is 30.3 Å². The molecule has 2 aliphatic heterocycles. The van der Waals surface area contributed by atoms with E-state index in [4.69, 9.17) is 16.3 Å². The maximum Gasteiger partial charge on any atom is 0.352 e. The Labute approximate surface area is 317 Å². The first kappa shape index (κ1) is 39.5. The number of fused-ring (bicyclic) bond motifs is 1. The Kier molecular flexibility index (Phi) is 11.6. The monoisotopic (exact) mass is 800 g/mol. The molecule has 5 rings (SSSR count). The Morgan fingerprint density at radius 1 is 1.20 bits per heavy atom. The van der Waals surface area contributed by atoms with Crippen LogP contribution in [0.3, 0.4) is 0 Å². The summed E-state index contributed by atoms with van der Waals surface area (Å²) in [5, 5.41) is 51.1. The van der Waals surface area contributed by atoms with Crippen LogP contribution in [0, 0.1) is 0 Å². The average molecular weight is 801 g/mol. The van der Waals surface area contributed by atoms with Crippen LogP contribution in [0.2, 0.25) is 0 Å². The highest BCUT2D eigenvalue weighted by Crippen LogP contribution is 2.40. The molecule has 1 saturated heterocycles. The molecule has 0 aliphatic carbocycles. The molecular formula is C31H34N11O11S2+. The lowest BCUT2D eigenvalue weighted by atomic mass is 10.0. The van der Waals surface area contributed by atoms with E-state index in [2.05, 4.69) is 31.1 Å². The number of allylic oxidation sites excluding steroid dienone is 2. The number of pyridine rings is 1. The molecule has 5 heterocycles. The first-order chi connectivity index (χ1) is 26.0. The maximum atomic E-state index is 13.3. The van der Waals surface area contributed by atoms with Gasteiger partial charge in [0.2, 0.25) is 11.0 Å². The van der Waals surface area contributed by atoms with Crippen molar-refractivity contribution in [2.24, 2.45) is 5.16 Å². The molecule has 22 nitrogen and oxygen atoms in total. The zero-order valence-electron chi connectivity index (χ0n) is 28.8. The minimum Gasteiger partial charge on any atom is -0.503 e. The third-order valence-electron chi connectivity index (χ3n) is 7.87. The molecular weight excluding hydrogens is 767 g/mol. The minimum atomic E-state index is -1.81. The van der Waals surface area contributed by atoms with Crippen LogP contribution in [-0.4, -0.2) is 111 Å². The third-order valence-corrected chi connectivity index (χ3v) is 9.84. The van der Waals surface area contributed by atoms with Crippen LogP contribution in [0.4, 0.5) is 16.6 Å². The van der Waals surface area contributed by atoms with Gasteiger partial charge < -0.3 is 52.8 Å². The van der Waals surface area contributed by atoms with Crippen molar-refractivity contribution in [1.29, 1.82) is 0 Å². The number of carbonyl (C=O) groups excluding carboxylic acids is 3. The number of anilines is 3. The van der Waals surface area contributed by atoms with Crippen molar-refractivity contribution in [3.05, 3.63) is 75.2 Å². The van der Waals surface area contributed by atoms with Crippen molar-refractivity contribution in [2.75, 3.05) is 35.6 Å². The van der Waals surface area contributed by atoms with E-state index in [9.17, 15) is 49.3 Å². The van der Waals surface area contributed by atoms with Gasteiger partial charge in [-0.3, -0.25) is 24.1 Å². The van der Waals surface area contributed by atoms with E-state index in [0.29, 0.717) is 22.2 Å². The summed E-state index contributed by atoms with van der Waals surface area (Å²) in [6, 6.07) is -0.363. The number of nitrogens with two attached hydrogens (primary N) is 2. The van der Waals surface area contributed by atoms with E-state index in [1.807, 2.05) is 0 Å². The summed E-state index contributed by atoms with van der Waals surface area (Å²) < 4.78 is 1.96. The number of thioether (sulfide) groups is 1. The molecule has 0 bridgehead atoms. The van der Waals surface area contributed by atoms with Gasteiger partial charge in [-0.15, -0.1) is 23.1 Å². The predicted octanol–water partition coefficient (Wildman–Crippen LogP) is -1.48. The molecule has 0 unspecified atom stereocenters. The standard InChI is InChI=1S/C31H33N11O11S2/c1-31(2,29(50)51)53-39-20(16-12-55-30(33)37-16)25(46)38-21-26(47)42-22(28(48)49)14(11-54-27(21)42)4-3-7-40-9-15(23(32)36-13-40)34-5-6-35-24(45)17-8-18(43)19(44)10-41(17)52/h3-4,8-10,12-13,21,27,32,34,52H,5-7,11H2,1-2H3,(H7,33,35,37,38,44,45,46,48,49,50,51)/p+1/b4-3+,39-20+/t21-,27-/m1/s1. The van der Waals surface area contributed by atoms with E-state index < -0.39 is 63.6 Å². The molecule has 3 amide bonds. The number of thiazole rings is 1. The van der Waals surface area contributed by atoms with Crippen LogP contribution in [0.25, 0.3) is 0 Å². The van der Waals surface area contributed by atoms with E-state index in [0.717, 1.165) is 22.3 Å². The minimum absolute atomic E-state index is 0.0194. The summed E-state index contributed by atoms with van der Waals surface area (Å²) >= 11 is 2.20. The number of nitrogens with one attached hydrogen (secondary N) is 3. The second kappa shape index (κ2) is 16.1. The number of oxime groups is 1. The van der Waals surface area contributed by atoms with Gasteiger partial charge in [0.1, 0.15) is 46.9 Å². The Hall–Kier alpha value is -6.69. The zero-order chi connectivity index (χ0) is 40.2. The number of nitrogen functional groups attached to an aromatic ring is 2. The smallest absolute Gasteiger partial charge is 0.352 e. The molecule has 2 aliphatic rings. The number of amides is 3. The highest BCUT2D eigenvalue weighted by atomic mass is 32.2. The van der Waals surface area contributed by atoms with Gasteiger partial charge in [-0.1, -0.05) is 11.2 Å². The number of nitrogens with zero attached hydrogens (tertiary/aromatic N) is 6. The lowest BCUT2D eigenvalue weighted by Gasteiger charge is -2.49. The van der Waals surface area contributed by atoms with Crippen LogP contribution < -0.4 is 37.4 Å². The van der Waals surface area contributed by atoms with E-state index in [-0.39, 0.29) is 53.4 Å². The van der Waals surface area contributed by atoms with E-state index >= 15 is 0 Å². The summed E-state index contributed by atoms with van der Waals surface area (Å²) in [7, 11) is 0. The fourth-order valence-corrected chi connectivity index (χ4v) is 6.82. The van der Waals surface area contributed by atoms with E-state index in [1.54, 1.807) is 22.9 Å². The Bertz CT molecular complexity index is 2220. The van der Waals surface area contributed by atoms with Gasteiger partial charge in [-0.05, 0) is 30.5 Å². The third kappa shape index (κ3) is 8.76. The van der Waals surface area contributed by atoms with Crippen molar-refractivity contribution < 1.29 is 53.9 Å². The number of carboxylic acids is 2. The molecule has 2 atom stereocenters. The molecule has 0 spiro atoms. The van der Waals surface area contributed by atoms with Crippen molar-refractivity contribution in [3.8, 4) is 5.75 Å². The number of rotatable bonds is 15. The largest absolute Gasteiger partial charge is 0.503 e. The van der Waals surface area contributed by atoms with Crippen LogP contribution in [0.15, 0.2) is 63.5 Å². The molecule has 55 heavy (non-hydrogen) atoms. The predicted molar refractivity (Wildman–Crippen MR) is 194 cm³/mol. The Morgan fingerprint density at radius 2 is 1.95 bits per heavy atom. The molecule has 0 radical (unpaired) electrons. The summed E-state index contributed by atoms with van der Waals surface area (Å²) in [5.41, 5.74) is 8.67. The van der Waals surface area contributed by atoms with Gasteiger partial charge in [0.25, 0.3) is 29.9 Å². The molecule has 24 heteroatoms. The number of carboxylic acid groups (broad SMARTS) is 2. The second-order valence-corrected chi connectivity index (χ2v) is 14.2. The summed E-state index contributed by atoms with van der Waals surface area (Å²) in [6.45, 7) is 2.85. The van der Waals surface area contributed by atoms with Crippen molar-refractivity contribution in [3.63, 3.8) is 0 Å². The molecule has 1 fully saturated rings. The highest BCUT2D eigenvalue weighted by molar-refractivity contribution is 8.00.